The third-order valence-electron chi connectivity index (χ3n) is 2.72. The van der Waals surface area contributed by atoms with Crippen LogP contribution >= 0.6 is 11.6 Å². The monoisotopic (exact) mass is 304 g/mol. The number of alkyl halides is 3. The largest absolute Gasteiger partial charge is 0.419 e. The molecule has 0 aliphatic heterocycles. The van der Waals surface area contributed by atoms with E-state index in [0.29, 0.717) is 11.4 Å². The van der Waals surface area contributed by atoms with Crippen molar-refractivity contribution in [2.75, 3.05) is 0 Å². The van der Waals surface area contributed by atoms with E-state index in [0.717, 1.165) is 17.1 Å². The van der Waals surface area contributed by atoms with Crippen LogP contribution in [0.5, 0.6) is 0 Å². The fraction of sp³-hybridized carbons (Fsp3) is 0.417. The molecule has 0 radical (unpaired) electrons. The fourth-order valence-electron chi connectivity index (χ4n) is 1.56. The van der Waals surface area contributed by atoms with Crippen LogP contribution in [0.3, 0.4) is 0 Å². The van der Waals surface area contributed by atoms with E-state index in [1.807, 2.05) is 13.8 Å². The molecule has 0 aliphatic rings. The van der Waals surface area contributed by atoms with Crippen molar-refractivity contribution in [1.82, 2.24) is 19.7 Å². The summed E-state index contributed by atoms with van der Waals surface area (Å²) in [5.41, 5.74) is -0.356. The van der Waals surface area contributed by atoms with Gasteiger partial charge in [0, 0.05) is 17.7 Å². The van der Waals surface area contributed by atoms with Gasteiger partial charge < -0.3 is 0 Å². The molecule has 0 fully saturated rings. The molecule has 0 aliphatic carbocycles. The van der Waals surface area contributed by atoms with Gasteiger partial charge in [0.05, 0.1) is 11.8 Å². The molecular weight excluding hydrogens is 293 g/mol. The van der Waals surface area contributed by atoms with Gasteiger partial charge in [-0.15, -0.1) is 0 Å². The van der Waals surface area contributed by atoms with E-state index in [1.165, 1.54) is 0 Å². The Morgan fingerprint density at radius 2 is 1.90 bits per heavy atom. The van der Waals surface area contributed by atoms with Crippen molar-refractivity contribution >= 4 is 11.6 Å². The zero-order chi connectivity index (χ0) is 15.1. The van der Waals surface area contributed by atoms with Crippen molar-refractivity contribution in [1.29, 1.82) is 0 Å². The third kappa shape index (κ3) is 2.77. The molecule has 2 aromatic rings. The maximum atomic E-state index is 12.6. The first kappa shape index (κ1) is 14.8. The van der Waals surface area contributed by atoms with Crippen LogP contribution in [0.4, 0.5) is 13.2 Å². The lowest BCUT2D eigenvalue weighted by Crippen LogP contribution is -2.08. The highest BCUT2D eigenvalue weighted by molar-refractivity contribution is 6.30. The molecule has 0 spiro atoms. The lowest BCUT2D eigenvalue weighted by molar-refractivity contribution is -0.137. The van der Waals surface area contributed by atoms with Crippen molar-refractivity contribution in [3.05, 3.63) is 34.5 Å². The first-order valence-corrected chi connectivity index (χ1v) is 6.24. The van der Waals surface area contributed by atoms with Crippen LogP contribution in [-0.4, -0.2) is 19.7 Å². The van der Waals surface area contributed by atoms with Crippen molar-refractivity contribution in [2.45, 2.75) is 32.9 Å². The summed E-state index contributed by atoms with van der Waals surface area (Å²) in [7, 11) is 0. The molecule has 108 valence electrons. The quantitative estimate of drug-likeness (QED) is 0.793. The highest BCUT2D eigenvalue weighted by Gasteiger charge is 2.32. The topological polar surface area (TPSA) is 43.6 Å². The summed E-state index contributed by atoms with van der Waals surface area (Å²) in [5, 5.41) is 3.91. The van der Waals surface area contributed by atoms with E-state index in [4.69, 9.17) is 11.6 Å². The van der Waals surface area contributed by atoms with E-state index in [9.17, 15) is 13.2 Å². The van der Waals surface area contributed by atoms with Crippen LogP contribution < -0.4 is 0 Å². The van der Waals surface area contributed by atoms with Crippen LogP contribution in [0, 0.1) is 6.92 Å². The Morgan fingerprint density at radius 3 is 2.40 bits per heavy atom. The minimum absolute atomic E-state index is 0.00417. The maximum Gasteiger partial charge on any atom is 0.419 e. The summed E-state index contributed by atoms with van der Waals surface area (Å²) < 4.78 is 38.8. The normalized spacial score (nSPS) is 12.2. The molecule has 0 atom stereocenters. The second-order valence-electron chi connectivity index (χ2n) is 4.65. The minimum atomic E-state index is -4.44. The van der Waals surface area contributed by atoms with Gasteiger partial charge in [-0.05, 0) is 6.92 Å². The molecule has 8 heteroatoms. The molecule has 4 nitrogen and oxygen atoms in total. The van der Waals surface area contributed by atoms with Gasteiger partial charge in [0.25, 0.3) is 0 Å². The second-order valence-corrected chi connectivity index (χ2v) is 5.01. The first-order chi connectivity index (χ1) is 9.20. The molecule has 0 saturated heterocycles. The SMILES string of the molecule is Cc1c(Cl)nc(C(C)C)nc1-n1cc(C(F)(F)F)cn1. The molecule has 0 N–H and O–H groups in total. The molecule has 0 saturated carbocycles. The predicted molar refractivity (Wildman–Crippen MR) is 68.0 cm³/mol. The van der Waals surface area contributed by atoms with E-state index in [-0.39, 0.29) is 16.9 Å². The number of hydrogen-bond acceptors (Lipinski definition) is 3. The van der Waals surface area contributed by atoms with Crippen LogP contribution in [0.15, 0.2) is 12.4 Å². The Bertz CT molecular complexity index is 634. The van der Waals surface area contributed by atoms with Gasteiger partial charge in [0.15, 0.2) is 5.82 Å². The number of rotatable bonds is 2. The van der Waals surface area contributed by atoms with Crippen molar-refractivity contribution in [3.8, 4) is 5.82 Å². The third-order valence-corrected chi connectivity index (χ3v) is 3.09. The molecule has 0 aromatic carbocycles. The highest BCUT2D eigenvalue weighted by atomic mass is 35.5. The average molecular weight is 305 g/mol. The Labute approximate surface area is 118 Å². The van der Waals surface area contributed by atoms with E-state index in [1.54, 1.807) is 6.92 Å². The van der Waals surface area contributed by atoms with E-state index < -0.39 is 11.7 Å². The molecule has 2 rings (SSSR count). The van der Waals surface area contributed by atoms with Crippen LogP contribution in [-0.2, 0) is 6.18 Å². The lowest BCUT2D eigenvalue weighted by Gasteiger charge is -2.11. The van der Waals surface area contributed by atoms with Gasteiger partial charge in [-0.1, -0.05) is 25.4 Å². The lowest BCUT2D eigenvalue weighted by atomic mass is 10.2. The van der Waals surface area contributed by atoms with E-state index in [2.05, 4.69) is 15.1 Å². The van der Waals surface area contributed by atoms with E-state index >= 15 is 0 Å². The maximum absolute atomic E-state index is 12.6. The second kappa shape index (κ2) is 5.05. The summed E-state index contributed by atoms with van der Waals surface area (Å²) in [6, 6.07) is 0. The summed E-state index contributed by atoms with van der Waals surface area (Å²) in [4.78, 5) is 8.34. The molecule has 2 aromatic heterocycles. The molecule has 0 amide bonds. The summed E-state index contributed by atoms with van der Waals surface area (Å²) in [5.74, 6) is 0.716. The Kier molecular flexibility index (Phi) is 3.73. The predicted octanol–water partition coefficient (Wildman–Crippen LogP) is 3.77. The first-order valence-electron chi connectivity index (χ1n) is 5.86. The zero-order valence-electron chi connectivity index (χ0n) is 11.0. The van der Waals surface area contributed by atoms with Crippen LogP contribution in [0.2, 0.25) is 5.15 Å². The van der Waals surface area contributed by atoms with Gasteiger partial charge in [0.1, 0.15) is 11.0 Å². The highest BCUT2D eigenvalue weighted by Crippen LogP contribution is 2.30. The smallest absolute Gasteiger partial charge is 0.222 e. The van der Waals surface area contributed by atoms with Crippen molar-refractivity contribution in [3.63, 3.8) is 0 Å². The zero-order valence-corrected chi connectivity index (χ0v) is 11.8. The summed E-state index contributed by atoms with van der Waals surface area (Å²) >= 11 is 6.00. The van der Waals surface area contributed by atoms with Crippen LogP contribution in [0.1, 0.15) is 36.7 Å². The molecule has 2 heterocycles. The van der Waals surface area contributed by atoms with Crippen LogP contribution in [0.25, 0.3) is 5.82 Å². The fourth-order valence-corrected chi connectivity index (χ4v) is 1.73. The molecule has 20 heavy (non-hydrogen) atoms. The standard InChI is InChI=1S/C12H12ClF3N4/c1-6(2)10-18-9(13)7(3)11(19-10)20-5-8(4-17-20)12(14,15)16/h4-6H,1-3H3. The number of halogens is 4. The average Bonchev–Trinajstić information content (AvgIpc) is 2.81. The Balaban J connectivity index is 2.55. The van der Waals surface area contributed by atoms with Gasteiger partial charge in [-0.3, -0.25) is 0 Å². The summed E-state index contributed by atoms with van der Waals surface area (Å²) in [6.45, 7) is 5.38. The van der Waals surface area contributed by atoms with Gasteiger partial charge in [-0.2, -0.15) is 18.3 Å². The Morgan fingerprint density at radius 1 is 1.25 bits per heavy atom. The van der Waals surface area contributed by atoms with Gasteiger partial charge >= 0.3 is 6.18 Å². The molecule has 0 bridgehead atoms. The van der Waals surface area contributed by atoms with Gasteiger partial charge in [-0.25, -0.2) is 14.6 Å². The minimum Gasteiger partial charge on any atom is -0.222 e. The Hall–Kier alpha value is -1.63. The molecule has 0 unspecified atom stereocenters. The molecular formula is C12H12ClF3N4. The van der Waals surface area contributed by atoms with Crippen molar-refractivity contribution in [2.24, 2.45) is 0 Å². The van der Waals surface area contributed by atoms with Gasteiger partial charge in [0.2, 0.25) is 0 Å². The van der Waals surface area contributed by atoms with Crippen molar-refractivity contribution < 1.29 is 13.2 Å². The summed E-state index contributed by atoms with van der Waals surface area (Å²) in [6.07, 6.45) is -2.80. The number of aromatic nitrogens is 4. The number of nitrogens with zero attached hydrogens (tertiary/aromatic N) is 4. The number of hydrogen-bond donors (Lipinski definition) is 0.